The van der Waals surface area contributed by atoms with Crippen molar-refractivity contribution in [2.24, 2.45) is 11.8 Å². The third kappa shape index (κ3) is 1.84. The van der Waals surface area contributed by atoms with Gasteiger partial charge in [-0.15, -0.1) is 0 Å². The van der Waals surface area contributed by atoms with Gasteiger partial charge < -0.3 is 5.11 Å². The van der Waals surface area contributed by atoms with Crippen molar-refractivity contribution >= 4 is 0 Å². The molecule has 0 aromatic carbocycles. The van der Waals surface area contributed by atoms with Gasteiger partial charge in [-0.05, 0) is 32.6 Å². The highest BCUT2D eigenvalue weighted by atomic mass is 16.3. The van der Waals surface area contributed by atoms with E-state index < -0.39 is 0 Å². The van der Waals surface area contributed by atoms with Crippen LogP contribution in [0.3, 0.4) is 0 Å². The Morgan fingerprint density at radius 1 is 1.55 bits per heavy atom. The molecule has 0 radical (unpaired) electrons. The van der Waals surface area contributed by atoms with Crippen molar-refractivity contribution in [2.75, 3.05) is 0 Å². The Morgan fingerprint density at radius 2 is 2.09 bits per heavy atom. The fraction of sp³-hybridized carbons (Fsp3) is 0.800. The van der Waals surface area contributed by atoms with E-state index in [2.05, 4.69) is 6.58 Å². The van der Waals surface area contributed by atoms with Crippen LogP contribution in [-0.4, -0.2) is 11.2 Å². The minimum Gasteiger partial charge on any atom is -0.393 e. The lowest BCUT2D eigenvalue weighted by molar-refractivity contribution is 0.0779. The third-order valence-corrected chi connectivity index (χ3v) is 2.75. The van der Waals surface area contributed by atoms with Gasteiger partial charge in [0.1, 0.15) is 0 Å². The average Bonchev–Trinajstić information content (AvgIpc) is 1.75. The number of hydrogen-bond donors (Lipinski definition) is 1. The second-order valence-electron chi connectivity index (χ2n) is 3.80. The lowest BCUT2D eigenvalue weighted by atomic mass is 9.71. The third-order valence-electron chi connectivity index (χ3n) is 2.75. The Bertz CT molecular complexity index is 145. The van der Waals surface area contributed by atoms with Crippen molar-refractivity contribution in [3.8, 4) is 0 Å². The smallest absolute Gasteiger partial charge is 0.0579 e. The molecular weight excluding hydrogens is 136 g/mol. The topological polar surface area (TPSA) is 20.2 Å². The van der Waals surface area contributed by atoms with E-state index in [0.29, 0.717) is 11.8 Å². The molecule has 0 heterocycles. The quantitative estimate of drug-likeness (QED) is 0.619. The maximum Gasteiger partial charge on any atom is 0.0579 e. The lowest BCUT2D eigenvalue weighted by Crippen LogP contribution is -2.30. The fourth-order valence-corrected chi connectivity index (χ4v) is 2.01. The minimum absolute atomic E-state index is 0.210. The molecule has 0 saturated heterocycles. The van der Waals surface area contributed by atoms with Crippen molar-refractivity contribution in [1.82, 2.24) is 0 Å². The first kappa shape index (κ1) is 8.79. The molecule has 1 saturated carbocycles. The van der Waals surface area contributed by atoms with Crippen LogP contribution in [0.4, 0.5) is 0 Å². The molecule has 2 atom stereocenters. The standard InChI is InChI=1S/C10H18O/c1-7(2)10(8(3)11)9-5-4-6-9/h8-11H,1,4-6H2,2-3H3. The van der Waals surface area contributed by atoms with Crippen LogP contribution in [-0.2, 0) is 0 Å². The van der Waals surface area contributed by atoms with Crippen LogP contribution in [0, 0.1) is 11.8 Å². The highest BCUT2D eigenvalue weighted by Gasteiger charge is 2.30. The van der Waals surface area contributed by atoms with Crippen LogP contribution >= 0.6 is 0 Å². The van der Waals surface area contributed by atoms with Crippen LogP contribution in [0.15, 0.2) is 12.2 Å². The molecule has 0 aliphatic heterocycles. The summed E-state index contributed by atoms with van der Waals surface area (Å²) in [5, 5.41) is 9.46. The van der Waals surface area contributed by atoms with Gasteiger partial charge >= 0.3 is 0 Å². The van der Waals surface area contributed by atoms with Gasteiger partial charge in [0.05, 0.1) is 6.10 Å². The summed E-state index contributed by atoms with van der Waals surface area (Å²) >= 11 is 0. The highest BCUT2D eigenvalue weighted by molar-refractivity contribution is 5.03. The second-order valence-corrected chi connectivity index (χ2v) is 3.80. The summed E-state index contributed by atoms with van der Waals surface area (Å²) in [5.41, 5.74) is 1.14. The molecule has 1 aliphatic carbocycles. The van der Waals surface area contributed by atoms with E-state index in [4.69, 9.17) is 0 Å². The fourth-order valence-electron chi connectivity index (χ4n) is 2.01. The summed E-state index contributed by atoms with van der Waals surface area (Å²) in [6.45, 7) is 7.82. The summed E-state index contributed by atoms with van der Waals surface area (Å²) < 4.78 is 0. The molecule has 0 bridgehead atoms. The summed E-state index contributed by atoms with van der Waals surface area (Å²) in [6, 6.07) is 0. The van der Waals surface area contributed by atoms with Crippen LogP contribution in [0.2, 0.25) is 0 Å². The Balaban J connectivity index is 2.51. The second kappa shape index (κ2) is 3.40. The first-order valence-corrected chi connectivity index (χ1v) is 4.46. The molecule has 1 rings (SSSR count). The van der Waals surface area contributed by atoms with Crippen molar-refractivity contribution < 1.29 is 5.11 Å². The molecule has 64 valence electrons. The van der Waals surface area contributed by atoms with Crippen molar-refractivity contribution in [1.29, 1.82) is 0 Å². The van der Waals surface area contributed by atoms with Crippen molar-refractivity contribution in [2.45, 2.75) is 39.2 Å². The van der Waals surface area contributed by atoms with Gasteiger partial charge in [-0.2, -0.15) is 0 Å². The predicted octanol–water partition coefficient (Wildman–Crippen LogP) is 2.36. The summed E-state index contributed by atoms with van der Waals surface area (Å²) in [4.78, 5) is 0. The maximum absolute atomic E-state index is 9.46. The molecule has 0 spiro atoms. The number of aliphatic hydroxyl groups is 1. The SMILES string of the molecule is C=C(C)C(C(C)O)C1CCC1. The Labute approximate surface area is 69.1 Å². The van der Waals surface area contributed by atoms with Gasteiger partial charge in [0.15, 0.2) is 0 Å². The van der Waals surface area contributed by atoms with E-state index in [9.17, 15) is 5.11 Å². The van der Waals surface area contributed by atoms with Crippen molar-refractivity contribution in [3.63, 3.8) is 0 Å². The van der Waals surface area contributed by atoms with Gasteiger partial charge in [-0.25, -0.2) is 0 Å². The molecule has 1 fully saturated rings. The van der Waals surface area contributed by atoms with Gasteiger partial charge in [0, 0.05) is 5.92 Å². The molecule has 11 heavy (non-hydrogen) atoms. The number of hydrogen-bond acceptors (Lipinski definition) is 1. The van der Waals surface area contributed by atoms with Crippen LogP contribution in [0.25, 0.3) is 0 Å². The molecule has 1 N–H and O–H groups in total. The monoisotopic (exact) mass is 154 g/mol. The van der Waals surface area contributed by atoms with Gasteiger partial charge in [-0.3, -0.25) is 0 Å². The minimum atomic E-state index is -0.210. The van der Waals surface area contributed by atoms with Crippen molar-refractivity contribution in [3.05, 3.63) is 12.2 Å². The molecule has 1 aliphatic rings. The first-order valence-electron chi connectivity index (χ1n) is 4.46. The molecule has 1 heteroatoms. The van der Waals surface area contributed by atoms with E-state index in [1.807, 2.05) is 13.8 Å². The summed E-state index contributed by atoms with van der Waals surface area (Å²) in [6.07, 6.45) is 3.68. The van der Waals surface area contributed by atoms with E-state index in [0.717, 1.165) is 5.57 Å². The number of rotatable bonds is 3. The van der Waals surface area contributed by atoms with Crippen LogP contribution in [0.5, 0.6) is 0 Å². The van der Waals surface area contributed by atoms with Crippen LogP contribution < -0.4 is 0 Å². The number of aliphatic hydroxyl groups excluding tert-OH is 1. The largest absolute Gasteiger partial charge is 0.393 e. The lowest BCUT2D eigenvalue weighted by Gasteiger charge is -2.35. The molecule has 0 amide bonds. The Hall–Kier alpha value is -0.300. The van der Waals surface area contributed by atoms with Crippen LogP contribution in [0.1, 0.15) is 33.1 Å². The van der Waals surface area contributed by atoms with E-state index in [1.54, 1.807) is 0 Å². The van der Waals surface area contributed by atoms with E-state index in [-0.39, 0.29) is 6.10 Å². The highest BCUT2D eigenvalue weighted by Crippen LogP contribution is 2.38. The van der Waals surface area contributed by atoms with Gasteiger partial charge in [0.25, 0.3) is 0 Å². The Morgan fingerprint density at radius 3 is 2.18 bits per heavy atom. The van der Waals surface area contributed by atoms with Gasteiger partial charge in [0.2, 0.25) is 0 Å². The molecular formula is C10H18O. The molecule has 0 aromatic rings. The molecule has 0 aromatic heterocycles. The van der Waals surface area contributed by atoms with E-state index >= 15 is 0 Å². The molecule has 2 unspecified atom stereocenters. The average molecular weight is 154 g/mol. The van der Waals surface area contributed by atoms with E-state index in [1.165, 1.54) is 19.3 Å². The maximum atomic E-state index is 9.46. The first-order chi connectivity index (χ1) is 5.13. The Kier molecular flexibility index (Phi) is 2.72. The normalized spacial score (nSPS) is 23.9. The molecule has 1 nitrogen and oxygen atoms in total. The zero-order valence-electron chi connectivity index (χ0n) is 7.51. The predicted molar refractivity (Wildman–Crippen MR) is 47.3 cm³/mol. The summed E-state index contributed by atoms with van der Waals surface area (Å²) in [7, 11) is 0. The zero-order valence-corrected chi connectivity index (χ0v) is 7.51. The van der Waals surface area contributed by atoms with Gasteiger partial charge in [-0.1, -0.05) is 18.6 Å². The zero-order chi connectivity index (χ0) is 8.43. The summed E-state index contributed by atoms with van der Waals surface area (Å²) in [5.74, 6) is 1.07.